The van der Waals surface area contributed by atoms with Gasteiger partial charge in [-0.2, -0.15) is 0 Å². The fourth-order valence-electron chi connectivity index (χ4n) is 3.44. The molecule has 0 amide bonds. The van der Waals surface area contributed by atoms with Crippen molar-refractivity contribution in [2.75, 3.05) is 31.4 Å². The Morgan fingerprint density at radius 3 is 2.21 bits per heavy atom. The van der Waals surface area contributed by atoms with E-state index in [-0.39, 0.29) is 5.41 Å². The lowest BCUT2D eigenvalue weighted by molar-refractivity contribution is 0.621. The summed E-state index contributed by atoms with van der Waals surface area (Å²) in [4.78, 5) is 2.13. The largest absolute Gasteiger partial charge is 0.387 e. The molecule has 0 saturated heterocycles. The molecule has 0 radical (unpaired) electrons. The van der Waals surface area contributed by atoms with Gasteiger partial charge < -0.3 is 10.2 Å². The molecule has 146 valence electrons. The molecule has 0 saturated carbocycles. The highest BCUT2D eigenvalue weighted by molar-refractivity contribution is 6.33. The Morgan fingerprint density at radius 2 is 1.68 bits per heavy atom. The molecule has 0 unspecified atom stereocenters. The Bertz CT molecular complexity index is 960. The molecule has 2 nitrogen and oxygen atoms in total. The van der Waals surface area contributed by atoms with Gasteiger partial charge in [0.15, 0.2) is 0 Å². The van der Waals surface area contributed by atoms with E-state index in [1.54, 1.807) is 0 Å². The monoisotopic (exact) mass is 392 g/mol. The van der Waals surface area contributed by atoms with E-state index < -0.39 is 0 Å². The second-order valence-corrected chi connectivity index (χ2v) is 8.56. The number of hydrogen-bond donors (Lipinski definition) is 1. The number of aryl methyl sites for hydroxylation is 1. The molecule has 2 aromatic rings. The lowest BCUT2D eigenvalue weighted by Gasteiger charge is -2.23. The van der Waals surface area contributed by atoms with Crippen LogP contribution in [0.3, 0.4) is 0 Å². The van der Waals surface area contributed by atoms with E-state index in [0.717, 1.165) is 16.3 Å². The highest BCUT2D eigenvalue weighted by Crippen LogP contribution is 2.37. The van der Waals surface area contributed by atoms with E-state index in [4.69, 9.17) is 11.6 Å². The number of anilines is 2. The number of hydrogen-bond acceptors (Lipinski definition) is 2. The number of allylic oxidation sites excluding steroid dienone is 5. The van der Waals surface area contributed by atoms with Gasteiger partial charge in [0, 0.05) is 32.2 Å². The zero-order valence-corrected chi connectivity index (χ0v) is 18.4. The van der Waals surface area contributed by atoms with E-state index in [1.165, 1.54) is 28.0 Å². The van der Waals surface area contributed by atoms with Crippen LogP contribution in [0.2, 0.25) is 5.02 Å². The van der Waals surface area contributed by atoms with Crippen LogP contribution in [0.25, 0.3) is 5.57 Å². The minimum Gasteiger partial charge on any atom is -0.387 e. The highest BCUT2D eigenvalue weighted by Gasteiger charge is 2.18. The summed E-state index contributed by atoms with van der Waals surface area (Å²) in [6.07, 6.45) is 8.98. The summed E-state index contributed by atoms with van der Waals surface area (Å²) in [5.41, 5.74) is 8.20. The van der Waals surface area contributed by atoms with Crippen molar-refractivity contribution in [3.63, 3.8) is 0 Å². The molecule has 28 heavy (non-hydrogen) atoms. The zero-order valence-electron chi connectivity index (χ0n) is 17.6. The maximum Gasteiger partial charge on any atom is 0.0643 e. The van der Waals surface area contributed by atoms with Gasteiger partial charge in [0.25, 0.3) is 0 Å². The van der Waals surface area contributed by atoms with Crippen molar-refractivity contribution < 1.29 is 0 Å². The van der Waals surface area contributed by atoms with Gasteiger partial charge in [-0.3, -0.25) is 0 Å². The summed E-state index contributed by atoms with van der Waals surface area (Å²) in [5, 5.41) is 3.87. The van der Waals surface area contributed by atoms with Crippen LogP contribution >= 0.6 is 11.6 Å². The Hall–Kier alpha value is -2.45. The van der Waals surface area contributed by atoms with Gasteiger partial charge in [-0.05, 0) is 59.0 Å². The van der Waals surface area contributed by atoms with Gasteiger partial charge >= 0.3 is 0 Å². The smallest absolute Gasteiger partial charge is 0.0643 e. The lowest BCUT2D eigenvalue weighted by Crippen LogP contribution is -2.09. The molecule has 0 fully saturated rings. The standard InChI is InChI=1S/C25H29ClN2/c1-17-15-20(28(5)6)8-9-21(17)24(18-11-13-25(2,3)14-12-18)19-7-10-23(27-4)22(26)16-19/h7-16,27H,1-6H3. The minimum atomic E-state index is 0.0755. The molecule has 0 spiro atoms. The quantitative estimate of drug-likeness (QED) is 0.621. The van der Waals surface area contributed by atoms with E-state index >= 15 is 0 Å². The Morgan fingerprint density at radius 1 is 1.00 bits per heavy atom. The summed E-state index contributed by atoms with van der Waals surface area (Å²) in [6, 6.07) is 12.9. The van der Waals surface area contributed by atoms with Crippen molar-refractivity contribution >= 4 is 28.5 Å². The first-order valence-electron chi connectivity index (χ1n) is 9.60. The normalized spacial score (nSPS) is 14.9. The molecule has 3 rings (SSSR count). The van der Waals surface area contributed by atoms with Crippen molar-refractivity contribution in [2.45, 2.75) is 20.8 Å². The molecule has 2 aromatic carbocycles. The molecule has 0 aromatic heterocycles. The molecule has 0 atom stereocenters. The summed E-state index contributed by atoms with van der Waals surface area (Å²) < 4.78 is 0. The van der Waals surface area contributed by atoms with Crippen molar-refractivity contribution in [1.82, 2.24) is 0 Å². The maximum atomic E-state index is 6.52. The van der Waals surface area contributed by atoms with Crippen LogP contribution in [0, 0.1) is 12.3 Å². The van der Waals surface area contributed by atoms with Crippen LogP contribution in [0.4, 0.5) is 11.4 Å². The molecule has 1 N–H and O–H groups in total. The molecule has 3 heteroatoms. The van der Waals surface area contributed by atoms with Gasteiger partial charge in [0.1, 0.15) is 0 Å². The number of rotatable bonds is 4. The molecular weight excluding hydrogens is 364 g/mol. The second kappa shape index (κ2) is 7.89. The average Bonchev–Trinajstić information content (AvgIpc) is 2.64. The van der Waals surface area contributed by atoms with Gasteiger partial charge in [-0.1, -0.05) is 61.9 Å². The van der Waals surface area contributed by atoms with Gasteiger partial charge in [0.05, 0.1) is 10.7 Å². The topological polar surface area (TPSA) is 15.3 Å². The molecule has 1 aliphatic rings. The van der Waals surface area contributed by atoms with Crippen LogP contribution in [0.1, 0.15) is 30.5 Å². The summed E-state index contributed by atoms with van der Waals surface area (Å²) in [6.45, 7) is 6.60. The minimum absolute atomic E-state index is 0.0755. The first-order valence-corrected chi connectivity index (χ1v) is 9.98. The van der Waals surface area contributed by atoms with E-state index in [1.807, 2.05) is 13.1 Å². The second-order valence-electron chi connectivity index (χ2n) is 8.16. The van der Waals surface area contributed by atoms with Crippen molar-refractivity contribution in [1.29, 1.82) is 0 Å². The van der Waals surface area contributed by atoms with Crippen LogP contribution in [-0.2, 0) is 0 Å². The van der Waals surface area contributed by atoms with Gasteiger partial charge in [0.2, 0.25) is 0 Å². The molecular formula is C25H29ClN2. The molecule has 0 heterocycles. The van der Waals surface area contributed by atoms with Crippen molar-refractivity contribution in [3.8, 4) is 0 Å². The third-order valence-electron chi connectivity index (χ3n) is 5.20. The van der Waals surface area contributed by atoms with E-state index in [2.05, 4.69) is 99.7 Å². The third-order valence-corrected chi connectivity index (χ3v) is 5.51. The van der Waals surface area contributed by atoms with Crippen LogP contribution in [0.5, 0.6) is 0 Å². The number of halogens is 1. The Kier molecular flexibility index (Phi) is 5.71. The average molecular weight is 393 g/mol. The predicted octanol–water partition coefficient (Wildman–Crippen LogP) is 6.71. The first-order chi connectivity index (χ1) is 13.2. The Balaban J connectivity index is 2.22. The number of nitrogens with zero attached hydrogens (tertiary/aromatic N) is 1. The number of benzene rings is 2. The summed E-state index contributed by atoms with van der Waals surface area (Å²) in [5.74, 6) is 0. The van der Waals surface area contributed by atoms with Crippen LogP contribution in [-0.4, -0.2) is 21.1 Å². The Labute approximate surface area is 174 Å². The van der Waals surface area contributed by atoms with Crippen LogP contribution < -0.4 is 10.2 Å². The van der Waals surface area contributed by atoms with Gasteiger partial charge in [-0.25, -0.2) is 0 Å². The summed E-state index contributed by atoms with van der Waals surface area (Å²) in [7, 11) is 6.02. The van der Waals surface area contributed by atoms with Crippen molar-refractivity contribution in [3.05, 3.63) is 88.0 Å². The molecule has 1 aliphatic carbocycles. The van der Waals surface area contributed by atoms with E-state index in [9.17, 15) is 0 Å². The maximum absolute atomic E-state index is 6.52. The summed E-state index contributed by atoms with van der Waals surface area (Å²) >= 11 is 6.52. The fourth-order valence-corrected chi connectivity index (χ4v) is 3.72. The SMILES string of the molecule is CNc1ccc(C(=C2C=CC(C)(C)C=C2)c2ccc(N(C)C)cc2C)cc1Cl. The lowest BCUT2D eigenvalue weighted by atomic mass is 9.83. The molecule has 0 aliphatic heterocycles. The predicted molar refractivity (Wildman–Crippen MR) is 125 cm³/mol. The van der Waals surface area contributed by atoms with Crippen molar-refractivity contribution in [2.24, 2.45) is 5.41 Å². The first kappa shape index (κ1) is 20.3. The zero-order chi connectivity index (χ0) is 20.5. The van der Waals surface area contributed by atoms with Crippen LogP contribution in [0.15, 0.2) is 66.3 Å². The fraction of sp³-hybridized carbons (Fsp3) is 0.280. The number of nitrogens with one attached hydrogen (secondary N) is 1. The highest BCUT2D eigenvalue weighted by atomic mass is 35.5. The third kappa shape index (κ3) is 4.18. The molecule has 0 bridgehead atoms. The van der Waals surface area contributed by atoms with Gasteiger partial charge in [-0.15, -0.1) is 0 Å². The van der Waals surface area contributed by atoms with E-state index in [0.29, 0.717) is 0 Å².